The summed E-state index contributed by atoms with van der Waals surface area (Å²) in [6.07, 6.45) is 3.29. The Morgan fingerprint density at radius 3 is 3.06 bits per heavy atom. The largest absolute Gasteiger partial charge is 0.378 e. The number of nitrogens with one attached hydrogen (secondary N) is 1. The summed E-state index contributed by atoms with van der Waals surface area (Å²) in [7, 11) is 0. The number of amides is 1. The predicted molar refractivity (Wildman–Crippen MR) is 75.0 cm³/mol. The first-order valence-electron chi connectivity index (χ1n) is 6.01. The predicted octanol–water partition coefficient (Wildman–Crippen LogP) is 2.73. The van der Waals surface area contributed by atoms with Gasteiger partial charge in [-0.1, -0.05) is 0 Å². The molecular weight excluding hydrogens is 348 g/mol. The normalized spacial score (nSPS) is 18.9. The van der Waals surface area contributed by atoms with Crippen LogP contribution >= 0.6 is 22.6 Å². The Kier molecular flexibility index (Phi) is 4.94. The van der Waals surface area contributed by atoms with Gasteiger partial charge in [-0.3, -0.25) is 4.79 Å². The van der Waals surface area contributed by atoms with Crippen molar-refractivity contribution in [3.8, 4) is 0 Å². The number of ether oxygens (including phenoxy) is 1. The number of carbonyl (C=O) groups excluding carboxylic acids is 1. The molecule has 1 aromatic rings. The zero-order valence-corrected chi connectivity index (χ0v) is 12.1. The summed E-state index contributed by atoms with van der Waals surface area (Å²) in [5.74, 6) is -0.479. The van der Waals surface area contributed by atoms with Crippen molar-refractivity contribution in [3.63, 3.8) is 0 Å². The molecule has 2 rings (SSSR count). The van der Waals surface area contributed by atoms with Gasteiger partial charge in [-0.15, -0.1) is 0 Å². The molecule has 0 radical (unpaired) electrons. The summed E-state index contributed by atoms with van der Waals surface area (Å²) in [5, 5.41) is 2.84. The number of hydrogen-bond donors (Lipinski definition) is 1. The number of hydrogen-bond acceptors (Lipinski definition) is 2. The summed E-state index contributed by atoms with van der Waals surface area (Å²) < 4.78 is 19.0. The van der Waals surface area contributed by atoms with E-state index in [4.69, 9.17) is 4.74 Å². The minimum absolute atomic E-state index is 0.155. The van der Waals surface area contributed by atoms with E-state index in [0.29, 0.717) is 15.7 Å². The third-order valence-corrected chi connectivity index (χ3v) is 3.84. The molecule has 5 heteroatoms. The van der Waals surface area contributed by atoms with Crippen LogP contribution in [0.2, 0.25) is 0 Å². The van der Waals surface area contributed by atoms with E-state index in [1.54, 1.807) is 0 Å². The van der Waals surface area contributed by atoms with Crippen molar-refractivity contribution in [3.05, 3.63) is 33.1 Å². The highest BCUT2D eigenvalue weighted by Crippen LogP contribution is 2.15. The van der Waals surface area contributed by atoms with Gasteiger partial charge in [0.15, 0.2) is 0 Å². The van der Waals surface area contributed by atoms with Crippen LogP contribution in [0.3, 0.4) is 0 Å². The maximum Gasteiger partial charge on any atom is 0.252 e. The lowest BCUT2D eigenvalue weighted by Gasteiger charge is -2.10. The third kappa shape index (κ3) is 3.65. The molecule has 18 heavy (non-hydrogen) atoms. The fraction of sp³-hybridized carbons (Fsp3) is 0.462. The molecule has 0 bridgehead atoms. The third-order valence-electron chi connectivity index (χ3n) is 2.95. The molecule has 1 heterocycles. The molecule has 1 aliphatic rings. The van der Waals surface area contributed by atoms with Crippen molar-refractivity contribution < 1.29 is 13.9 Å². The first-order valence-corrected chi connectivity index (χ1v) is 7.09. The van der Waals surface area contributed by atoms with Crippen LogP contribution in [0.15, 0.2) is 18.2 Å². The van der Waals surface area contributed by atoms with Crippen LogP contribution in [0.5, 0.6) is 0 Å². The van der Waals surface area contributed by atoms with Gasteiger partial charge in [-0.2, -0.15) is 0 Å². The number of carbonyl (C=O) groups is 1. The van der Waals surface area contributed by atoms with Crippen LogP contribution in [0.1, 0.15) is 29.6 Å². The first kappa shape index (κ1) is 13.7. The van der Waals surface area contributed by atoms with Gasteiger partial charge in [0.05, 0.1) is 11.7 Å². The molecule has 0 spiro atoms. The number of rotatable bonds is 4. The fourth-order valence-electron chi connectivity index (χ4n) is 1.99. The molecule has 3 nitrogen and oxygen atoms in total. The van der Waals surface area contributed by atoms with E-state index in [0.717, 1.165) is 25.9 Å². The van der Waals surface area contributed by atoms with Crippen molar-refractivity contribution in [1.29, 1.82) is 0 Å². The summed E-state index contributed by atoms with van der Waals surface area (Å²) in [6, 6.07) is 4.17. The summed E-state index contributed by atoms with van der Waals surface area (Å²) in [5.41, 5.74) is 0.518. The van der Waals surface area contributed by atoms with Gasteiger partial charge in [0.25, 0.3) is 5.91 Å². The summed E-state index contributed by atoms with van der Waals surface area (Å²) >= 11 is 1.97. The van der Waals surface area contributed by atoms with Crippen molar-refractivity contribution >= 4 is 28.5 Å². The molecule has 1 unspecified atom stereocenters. The quantitative estimate of drug-likeness (QED) is 0.836. The first-order chi connectivity index (χ1) is 8.66. The number of halogens is 2. The highest BCUT2D eigenvalue weighted by atomic mass is 127. The van der Waals surface area contributed by atoms with Crippen LogP contribution in [0, 0.1) is 9.39 Å². The van der Waals surface area contributed by atoms with Crippen molar-refractivity contribution in [2.45, 2.75) is 25.4 Å². The fourth-order valence-corrected chi connectivity index (χ4v) is 2.71. The van der Waals surface area contributed by atoms with Gasteiger partial charge >= 0.3 is 0 Å². The maximum atomic E-state index is 12.9. The Labute approximate surface area is 119 Å². The van der Waals surface area contributed by atoms with E-state index in [2.05, 4.69) is 5.32 Å². The van der Waals surface area contributed by atoms with Crippen LogP contribution in [-0.4, -0.2) is 25.2 Å². The lowest BCUT2D eigenvalue weighted by molar-refractivity contribution is 0.0906. The van der Waals surface area contributed by atoms with Gasteiger partial charge in [0.1, 0.15) is 5.82 Å². The summed E-state index contributed by atoms with van der Waals surface area (Å²) in [4.78, 5) is 11.9. The molecule has 0 aliphatic carbocycles. The molecular formula is C13H15FINO2. The molecule has 1 saturated heterocycles. The van der Waals surface area contributed by atoms with E-state index < -0.39 is 0 Å². The van der Waals surface area contributed by atoms with E-state index in [-0.39, 0.29) is 17.8 Å². The molecule has 1 aliphatic heterocycles. The Balaban J connectivity index is 1.83. The smallest absolute Gasteiger partial charge is 0.252 e. The van der Waals surface area contributed by atoms with Gasteiger partial charge in [-0.05, 0) is 60.1 Å². The van der Waals surface area contributed by atoms with Crippen LogP contribution in [0.4, 0.5) is 4.39 Å². The molecule has 98 valence electrons. The zero-order valence-electron chi connectivity index (χ0n) is 9.92. The van der Waals surface area contributed by atoms with Gasteiger partial charge in [-0.25, -0.2) is 4.39 Å². The van der Waals surface area contributed by atoms with Crippen molar-refractivity contribution in [1.82, 2.24) is 5.32 Å². The minimum atomic E-state index is -0.324. The zero-order chi connectivity index (χ0) is 13.0. The van der Waals surface area contributed by atoms with E-state index in [9.17, 15) is 9.18 Å². The van der Waals surface area contributed by atoms with E-state index in [1.807, 2.05) is 22.6 Å². The highest BCUT2D eigenvalue weighted by Gasteiger charge is 2.16. The Morgan fingerprint density at radius 1 is 1.56 bits per heavy atom. The van der Waals surface area contributed by atoms with Crippen molar-refractivity contribution in [2.24, 2.45) is 0 Å². The van der Waals surface area contributed by atoms with E-state index in [1.165, 1.54) is 18.2 Å². The van der Waals surface area contributed by atoms with Crippen LogP contribution in [-0.2, 0) is 4.74 Å². The molecule has 1 aromatic carbocycles. The highest BCUT2D eigenvalue weighted by molar-refractivity contribution is 14.1. The van der Waals surface area contributed by atoms with E-state index >= 15 is 0 Å². The molecule has 1 amide bonds. The van der Waals surface area contributed by atoms with Gasteiger partial charge < -0.3 is 10.1 Å². The standard InChI is InChI=1S/C13H15FINO2/c14-9-3-4-11(12(15)8-9)13(17)16-6-5-10-2-1-7-18-10/h3-4,8,10H,1-2,5-7H2,(H,16,17). The molecule has 1 N–H and O–H groups in total. The Hall–Kier alpha value is -0.690. The Morgan fingerprint density at radius 2 is 2.39 bits per heavy atom. The average Bonchev–Trinajstić information content (AvgIpc) is 2.81. The molecule has 1 atom stereocenters. The minimum Gasteiger partial charge on any atom is -0.378 e. The summed E-state index contributed by atoms with van der Waals surface area (Å²) in [6.45, 7) is 1.42. The Bertz CT molecular complexity index is 433. The topological polar surface area (TPSA) is 38.3 Å². The SMILES string of the molecule is O=C(NCCC1CCCO1)c1ccc(F)cc1I. The van der Waals surface area contributed by atoms with Gasteiger partial charge in [0, 0.05) is 16.7 Å². The van der Waals surface area contributed by atoms with Crippen LogP contribution in [0.25, 0.3) is 0 Å². The van der Waals surface area contributed by atoms with Crippen molar-refractivity contribution in [2.75, 3.05) is 13.2 Å². The lowest BCUT2D eigenvalue weighted by Crippen LogP contribution is -2.27. The second-order valence-corrected chi connectivity index (χ2v) is 5.47. The molecule has 1 fully saturated rings. The maximum absolute atomic E-state index is 12.9. The second kappa shape index (κ2) is 6.47. The lowest BCUT2D eigenvalue weighted by atomic mass is 10.1. The monoisotopic (exact) mass is 363 g/mol. The molecule has 0 saturated carbocycles. The number of benzene rings is 1. The second-order valence-electron chi connectivity index (χ2n) is 4.30. The van der Waals surface area contributed by atoms with Gasteiger partial charge in [0.2, 0.25) is 0 Å². The average molecular weight is 363 g/mol. The van der Waals surface area contributed by atoms with Crippen LogP contribution < -0.4 is 5.32 Å². The molecule has 0 aromatic heterocycles.